The van der Waals surface area contributed by atoms with Crippen LogP contribution in [-0.4, -0.2) is 38.4 Å². The topological polar surface area (TPSA) is 103 Å². The van der Waals surface area contributed by atoms with Gasteiger partial charge in [-0.3, -0.25) is 14.2 Å². The number of thioether (sulfide) groups is 1. The largest absolute Gasteiger partial charge is 0.368 e. The zero-order chi connectivity index (χ0) is 17.1. The van der Waals surface area contributed by atoms with Gasteiger partial charge in [0.1, 0.15) is 12.4 Å². The predicted octanol–water partition coefficient (Wildman–Crippen LogP) is 1.43. The molecule has 0 aliphatic heterocycles. The van der Waals surface area contributed by atoms with Crippen molar-refractivity contribution in [1.82, 2.24) is 20.1 Å². The molecule has 1 heterocycles. The lowest BCUT2D eigenvalue weighted by Crippen LogP contribution is -2.41. The van der Waals surface area contributed by atoms with E-state index < -0.39 is 5.91 Å². The molecule has 3 rings (SSSR count). The zero-order valence-corrected chi connectivity index (χ0v) is 14.8. The maximum atomic E-state index is 12.2. The highest BCUT2D eigenvalue weighted by atomic mass is 32.2. The Morgan fingerprint density at radius 1 is 1.25 bits per heavy atom. The van der Waals surface area contributed by atoms with Gasteiger partial charge in [0, 0.05) is 12.0 Å². The summed E-state index contributed by atoms with van der Waals surface area (Å²) in [5.41, 5.74) is 5.33. The number of hydrogen-bond donors (Lipinski definition) is 2. The molecule has 0 bridgehead atoms. The van der Waals surface area contributed by atoms with E-state index in [1.54, 1.807) is 4.57 Å². The van der Waals surface area contributed by atoms with Gasteiger partial charge in [0.05, 0.1) is 5.75 Å². The molecule has 0 radical (unpaired) electrons. The van der Waals surface area contributed by atoms with Crippen LogP contribution in [0.15, 0.2) is 5.16 Å². The van der Waals surface area contributed by atoms with E-state index >= 15 is 0 Å². The van der Waals surface area contributed by atoms with Crippen LogP contribution in [0.1, 0.15) is 57.2 Å². The zero-order valence-electron chi connectivity index (χ0n) is 14.0. The van der Waals surface area contributed by atoms with Crippen molar-refractivity contribution in [2.45, 2.75) is 69.1 Å². The summed E-state index contributed by atoms with van der Waals surface area (Å²) < 4.78 is 1.77. The SMILES string of the molecule is C[C@H]1CCCC[C@@H]1NC(=O)CSc1nnc(C2CC2)n1CC(N)=O. The molecule has 1 aromatic heterocycles. The van der Waals surface area contributed by atoms with Crippen LogP contribution in [0.4, 0.5) is 0 Å². The molecule has 2 saturated carbocycles. The first kappa shape index (κ1) is 17.3. The molecule has 0 aromatic carbocycles. The van der Waals surface area contributed by atoms with Gasteiger partial charge in [0.25, 0.3) is 0 Å². The Morgan fingerprint density at radius 3 is 2.67 bits per heavy atom. The first-order chi connectivity index (χ1) is 11.5. The van der Waals surface area contributed by atoms with E-state index in [1.807, 2.05) is 0 Å². The number of hydrogen-bond acceptors (Lipinski definition) is 5. The average Bonchev–Trinajstić information content (AvgIpc) is 3.30. The molecular weight excluding hydrogens is 326 g/mol. The number of rotatable bonds is 7. The molecule has 0 spiro atoms. The Balaban J connectivity index is 1.57. The molecular formula is C16H25N5O2S. The third kappa shape index (κ3) is 4.28. The summed E-state index contributed by atoms with van der Waals surface area (Å²) in [6.07, 6.45) is 6.81. The van der Waals surface area contributed by atoms with E-state index in [0.717, 1.165) is 25.1 Å². The predicted molar refractivity (Wildman–Crippen MR) is 91.5 cm³/mol. The van der Waals surface area contributed by atoms with Crippen molar-refractivity contribution in [2.75, 3.05) is 5.75 Å². The number of aromatic nitrogens is 3. The normalized spacial score (nSPS) is 23.9. The van der Waals surface area contributed by atoms with Crippen LogP contribution in [0.2, 0.25) is 0 Å². The lowest BCUT2D eigenvalue weighted by Gasteiger charge is -2.29. The molecule has 132 valence electrons. The van der Waals surface area contributed by atoms with Gasteiger partial charge in [-0.15, -0.1) is 10.2 Å². The lowest BCUT2D eigenvalue weighted by atomic mass is 9.86. The number of nitrogens with two attached hydrogens (primary N) is 1. The average molecular weight is 351 g/mol. The number of nitrogens with zero attached hydrogens (tertiary/aromatic N) is 3. The number of nitrogens with one attached hydrogen (secondary N) is 1. The Hall–Kier alpha value is -1.57. The van der Waals surface area contributed by atoms with Gasteiger partial charge in [-0.2, -0.15) is 0 Å². The van der Waals surface area contributed by atoms with Crippen LogP contribution in [0.3, 0.4) is 0 Å². The maximum Gasteiger partial charge on any atom is 0.237 e. The van der Waals surface area contributed by atoms with E-state index in [1.165, 1.54) is 31.0 Å². The Bertz CT molecular complexity index is 614. The highest BCUT2D eigenvalue weighted by Gasteiger charge is 2.31. The molecule has 0 unspecified atom stereocenters. The highest BCUT2D eigenvalue weighted by Crippen LogP contribution is 2.40. The fraction of sp³-hybridized carbons (Fsp3) is 0.750. The molecule has 2 amide bonds. The number of carbonyl (C=O) groups excluding carboxylic acids is 2. The van der Waals surface area contributed by atoms with E-state index in [9.17, 15) is 9.59 Å². The minimum absolute atomic E-state index is 0.0142. The molecule has 2 fully saturated rings. The maximum absolute atomic E-state index is 12.2. The second kappa shape index (κ2) is 7.55. The van der Waals surface area contributed by atoms with Crippen LogP contribution in [0.5, 0.6) is 0 Å². The van der Waals surface area contributed by atoms with Crippen molar-refractivity contribution in [1.29, 1.82) is 0 Å². The molecule has 7 nitrogen and oxygen atoms in total. The monoisotopic (exact) mass is 351 g/mol. The quantitative estimate of drug-likeness (QED) is 0.723. The van der Waals surface area contributed by atoms with Gasteiger partial charge < -0.3 is 11.1 Å². The molecule has 2 aliphatic rings. The van der Waals surface area contributed by atoms with Crippen molar-refractivity contribution >= 4 is 23.6 Å². The summed E-state index contributed by atoms with van der Waals surface area (Å²) in [7, 11) is 0. The van der Waals surface area contributed by atoms with Crippen molar-refractivity contribution in [3.63, 3.8) is 0 Å². The van der Waals surface area contributed by atoms with Crippen molar-refractivity contribution in [2.24, 2.45) is 11.7 Å². The number of primary amides is 1. The Labute approximate surface area is 146 Å². The summed E-state index contributed by atoms with van der Waals surface area (Å²) in [5.74, 6) is 1.61. The lowest BCUT2D eigenvalue weighted by molar-refractivity contribution is -0.120. The minimum atomic E-state index is -0.418. The molecule has 0 saturated heterocycles. The van der Waals surface area contributed by atoms with E-state index in [0.29, 0.717) is 17.0 Å². The highest BCUT2D eigenvalue weighted by molar-refractivity contribution is 7.99. The van der Waals surface area contributed by atoms with E-state index in [2.05, 4.69) is 22.4 Å². The van der Waals surface area contributed by atoms with Crippen LogP contribution < -0.4 is 11.1 Å². The molecule has 2 aliphatic carbocycles. The molecule has 3 N–H and O–H groups in total. The van der Waals surface area contributed by atoms with E-state index in [-0.39, 0.29) is 24.2 Å². The molecule has 24 heavy (non-hydrogen) atoms. The van der Waals surface area contributed by atoms with Crippen LogP contribution in [-0.2, 0) is 16.1 Å². The van der Waals surface area contributed by atoms with Crippen LogP contribution >= 0.6 is 11.8 Å². The first-order valence-corrected chi connectivity index (χ1v) is 9.66. The fourth-order valence-corrected chi connectivity index (χ4v) is 4.02. The summed E-state index contributed by atoms with van der Waals surface area (Å²) in [5, 5.41) is 12.1. The summed E-state index contributed by atoms with van der Waals surface area (Å²) in [4.78, 5) is 23.5. The van der Waals surface area contributed by atoms with E-state index in [4.69, 9.17) is 5.73 Å². The van der Waals surface area contributed by atoms with Gasteiger partial charge >= 0.3 is 0 Å². The second-order valence-electron chi connectivity index (χ2n) is 6.89. The third-order valence-corrected chi connectivity index (χ3v) is 5.76. The first-order valence-electron chi connectivity index (χ1n) is 8.68. The van der Waals surface area contributed by atoms with Gasteiger partial charge in [-0.25, -0.2) is 0 Å². The standard InChI is InChI=1S/C16H25N5O2S/c1-10-4-2-3-5-12(10)18-14(23)9-24-16-20-19-15(11-6-7-11)21(16)8-13(17)22/h10-12H,2-9H2,1H3,(H2,17,22)(H,18,23)/t10-,12-/m0/s1. The van der Waals surface area contributed by atoms with Gasteiger partial charge in [0.15, 0.2) is 5.16 Å². The van der Waals surface area contributed by atoms with Crippen LogP contribution in [0, 0.1) is 5.92 Å². The molecule has 1 aromatic rings. The second-order valence-corrected chi connectivity index (χ2v) is 7.83. The Morgan fingerprint density at radius 2 is 2.00 bits per heavy atom. The van der Waals surface area contributed by atoms with Crippen molar-refractivity contribution in [3.8, 4) is 0 Å². The molecule has 8 heteroatoms. The van der Waals surface area contributed by atoms with Gasteiger partial charge in [-0.05, 0) is 31.6 Å². The molecule has 2 atom stereocenters. The summed E-state index contributed by atoms with van der Waals surface area (Å²) in [6.45, 7) is 2.27. The van der Waals surface area contributed by atoms with Crippen LogP contribution in [0.25, 0.3) is 0 Å². The number of carbonyl (C=O) groups is 2. The van der Waals surface area contributed by atoms with Crippen molar-refractivity contribution < 1.29 is 9.59 Å². The van der Waals surface area contributed by atoms with Crippen molar-refractivity contribution in [3.05, 3.63) is 5.82 Å². The third-order valence-electron chi connectivity index (χ3n) is 4.79. The number of amides is 2. The summed E-state index contributed by atoms with van der Waals surface area (Å²) >= 11 is 1.32. The Kier molecular flexibility index (Phi) is 5.43. The summed E-state index contributed by atoms with van der Waals surface area (Å²) in [6, 6.07) is 0.275. The smallest absolute Gasteiger partial charge is 0.237 e. The fourth-order valence-electron chi connectivity index (χ4n) is 3.26. The minimum Gasteiger partial charge on any atom is -0.368 e. The van der Waals surface area contributed by atoms with Gasteiger partial charge in [-0.1, -0.05) is 31.5 Å². The van der Waals surface area contributed by atoms with Gasteiger partial charge in [0.2, 0.25) is 11.8 Å².